The molecule has 0 bridgehead atoms. The van der Waals surface area contributed by atoms with Crippen molar-refractivity contribution >= 4 is 11.8 Å². The number of methoxy groups -OCH3 is 1. The van der Waals surface area contributed by atoms with Gasteiger partial charge in [0, 0.05) is 50.8 Å². The molecule has 1 saturated carbocycles. The van der Waals surface area contributed by atoms with E-state index in [0.29, 0.717) is 88.4 Å². The van der Waals surface area contributed by atoms with Gasteiger partial charge in [0.05, 0.1) is 26.9 Å². The first-order valence-electron chi connectivity index (χ1n) is 15.2. The number of nitrogens with zero attached hydrogens (tertiary/aromatic N) is 3. The number of likely N-dealkylation sites (tertiary alicyclic amines) is 1. The Morgan fingerprint density at radius 2 is 1.65 bits per heavy atom. The van der Waals surface area contributed by atoms with E-state index >= 15 is 0 Å². The molecule has 0 spiro atoms. The molecule has 3 aliphatic rings. The number of hydrogen-bond donors (Lipinski definition) is 0. The largest absolute Gasteiger partial charge is 0.493 e. The van der Waals surface area contributed by atoms with Gasteiger partial charge in [0.2, 0.25) is 5.91 Å². The molecule has 3 aromatic rings. The van der Waals surface area contributed by atoms with Gasteiger partial charge in [-0.1, -0.05) is 30.3 Å². The van der Waals surface area contributed by atoms with Gasteiger partial charge in [0.1, 0.15) is 18.1 Å². The Morgan fingerprint density at radius 3 is 2.40 bits per heavy atom. The molecule has 1 aromatic heterocycles. The van der Waals surface area contributed by atoms with Crippen LogP contribution in [0.3, 0.4) is 0 Å². The van der Waals surface area contributed by atoms with E-state index in [2.05, 4.69) is 35.3 Å². The number of morpholine rings is 1. The van der Waals surface area contributed by atoms with Crippen molar-refractivity contribution in [3.63, 3.8) is 0 Å². The van der Waals surface area contributed by atoms with E-state index in [4.69, 9.17) is 18.9 Å². The Bertz CT molecular complexity index is 1410. The van der Waals surface area contributed by atoms with Crippen LogP contribution in [-0.4, -0.2) is 79.7 Å². The van der Waals surface area contributed by atoms with E-state index in [9.17, 15) is 9.59 Å². The molecule has 0 N–H and O–H groups in total. The average Bonchev–Trinajstić information content (AvgIpc) is 3.88. The lowest BCUT2D eigenvalue weighted by Crippen LogP contribution is -2.48. The van der Waals surface area contributed by atoms with Crippen LogP contribution in [0.1, 0.15) is 64.7 Å². The zero-order valence-corrected chi connectivity index (χ0v) is 24.7. The van der Waals surface area contributed by atoms with Gasteiger partial charge in [-0.3, -0.25) is 14.6 Å². The maximum atomic E-state index is 13.1. The van der Waals surface area contributed by atoms with Crippen LogP contribution in [0.5, 0.6) is 17.2 Å². The number of pyridine rings is 1. The maximum Gasteiger partial charge on any atom is 0.272 e. The predicted molar refractivity (Wildman–Crippen MR) is 161 cm³/mol. The predicted octanol–water partition coefficient (Wildman–Crippen LogP) is 4.80. The van der Waals surface area contributed by atoms with Crippen LogP contribution in [0.15, 0.2) is 60.8 Å². The minimum atomic E-state index is -0.121. The Morgan fingerprint density at radius 1 is 0.884 bits per heavy atom. The van der Waals surface area contributed by atoms with E-state index in [1.165, 1.54) is 18.4 Å². The third-order valence-electron chi connectivity index (χ3n) is 8.37. The summed E-state index contributed by atoms with van der Waals surface area (Å²) in [6, 6.07) is 18.1. The second-order valence-electron chi connectivity index (χ2n) is 11.4. The number of carbonyl (C=O) groups is 2. The van der Waals surface area contributed by atoms with Crippen molar-refractivity contribution in [3.8, 4) is 17.2 Å². The van der Waals surface area contributed by atoms with E-state index in [-0.39, 0.29) is 17.7 Å². The Kier molecular flexibility index (Phi) is 9.07. The van der Waals surface area contributed by atoms with Crippen molar-refractivity contribution in [2.24, 2.45) is 0 Å². The van der Waals surface area contributed by atoms with Gasteiger partial charge in [-0.2, -0.15) is 0 Å². The van der Waals surface area contributed by atoms with Crippen LogP contribution in [0.4, 0.5) is 0 Å². The van der Waals surface area contributed by atoms with Crippen molar-refractivity contribution in [1.29, 1.82) is 0 Å². The lowest BCUT2D eigenvalue weighted by molar-refractivity contribution is -0.135. The fourth-order valence-corrected chi connectivity index (χ4v) is 5.54. The summed E-state index contributed by atoms with van der Waals surface area (Å²) in [5.41, 5.74) is 4.01. The van der Waals surface area contributed by atoms with Crippen LogP contribution in [-0.2, 0) is 16.1 Å². The third kappa shape index (κ3) is 7.28. The number of aromatic nitrogens is 1. The van der Waals surface area contributed by atoms with Gasteiger partial charge in [0.15, 0.2) is 11.5 Å². The smallest absolute Gasteiger partial charge is 0.272 e. The van der Waals surface area contributed by atoms with Gasteiger partial charge >= 0.3 is 0 Å². The molecule has 6 rings (SSSR count). The normalized spacial score (nSPS) is 16.9. The summed E-state index contributed by atoms with van der Waals surface area (Å²) in [5, 5.41) is 0. The highest BCUT2D eigenvalue weighted by atomic mass is 16.5. The quantitative estimate of drug-likeness (QED) is 0.282. The van der Waals surface area contributed by atoms with E-state index in [0.717, 1.165) is 17.0 Å². The molecule has 3 fully saturated rings. The van der Waals surface area contributed by atoms with Gasteiger partial charge in [0.25, 0.3) is 5.91 Å². The molecule has 43 heavy (non-hydrogen) atoms. The number of ether oxygens (including phenoxy) is 4. The standard InChI is InChI=1S/C34H39N3O6/c1-40-32-19-27(10-11-31(32)43-23-24-4-6-25(7-5-24)26-8-9-26)28-21-37(22-28)34(39)30-20-29(12-13-35-30)42-16-2-3-33(38)36-14-17-41-18-15-36/h4-7,10-13,19-20,26,28H,2-3,8-9,14-18,21-23H2,1H3. The fraction of sp³-hybridized carbons (Fsp3) is 0.441. The van der Waals surface area contributed by atoms with Crippen LogP contribution in [0.25, 0.3) is 0 Å². The van der Waals surface area contributed by atoms with E-state index < -0.39 is 0 Å². The van der Waals surface area contributed by atoms with Crippen LogP contribution in [0.2, 0.25) is 0 Å². The number of rotatable bonds is 12. The lowest BCUT2D eigenvalue weighted by Gasteiger charge is -2.39. The van der Waals surface area contributed by atoms with Crippen molar-refractivity contribution in [2.75, 3.05) is 53.1 Å². The molecule has 2 amide bonds. The second-order valence-corrected chi connectivity index (χ2v) is 11.4. The summed E-state index contributed by atoms with van der Waals surface area (Å²) in [5.74, 6) is 2.93. The minimum Gasteiger partial charge on any atom is -0.493 e. The molecule has 0 unspecified atom stereocenters. The molecule has 2 aliphatic heterocycles. The summed E-state index contributed by atoms with van der Waals surface area (Å²) < 4.78 is 22.8. The summed E-state index contributed by atoms with van der Waals surface area (Å²) in [4.78, 5) is 33.3. The fourth-order valence-electron chi connectivity index (χ4n) is 5.54. The van der Waals surface area contributed by atoms with Gasteiger partial charge in [-0.25, -0.2) is 0 Å². The third-order valence-corrected chi connectivity index (χ3v) is 8.37. The van der Waals surface area contributed by atoms with E-state index in [1.807, 2.05) is 17.0 Å². The molecule has 2 aromatic carbocycles. The second kappa shape index (κ2) is 13.5. The highest BCUT2D eigenvalue weighted by Gasteiger charge is 2.33. The highest BCUT2D eigenvalue weighted by Crippen LogP contribution is 2.40. The van der Waals surface area contributed by atoms with Crippen LogP contribution >= 0.6 is 0 Å². The van der Waals surface area contributed by atoms with Crippen molar-refractivity contribution in [2.45, 2.75) is 44.1 Å². The summed E-state index contributed by atoms with van der Waals surface area (Å²) in [6.07, 6.45) is 5.22. The maximum absolute atomic E-state index is 13.1. The molecule has 3 heterocycles. The molecular formula is C34H39N3O6. The molecule has 9 heteroatoms. The SMILES string of the molecule is COc1cc(C2CN(C(=O)c3cc(OCCCC(=O)N4CCOCC4)ccn3)C2)ccc1OCc1ccc(C2CC2)cc1. The average molecular weight is 586 g/mol. The van der Waals surface area contributed by atoms with Gasteiger partial charge < -0.3 is 28.7 Å². The molecule has 226 valence electrons. The Hall–Kier alpha value is -4.11. The Labute approximate surface area is 252 Å². The topological polar surface area (TPSA) is 90.4 Å². The summed E-state index contributed by atoms with van der Waals surface area (Å²) >= 11 is 0. The number of amides is 2. The summed E-state index contributed by atoms with van der Waals surface area (Å²) in [6.45, 7) is 4.57. The first-order valence-corrected chi connectivity index (χ1v) is 15.2. The van der Waals surface area contributed by atoms with Crippen LogP contribution in [0, 0.1) is 0 Å². The molecule has 9 nitrogen and oxygen atoms in total. The number of benzene rings is 2. The zero-order valence-electron chi connectivity index (χ0n) is 24.7. The molecule has 0 atom stereocenters. The lowest BCUT2D eigenvalue weighted by atomic mass is 9.91. The number of hydrogen-bond acceptors (Lipinski definition) is 7. The first-order chi connectivity index (χ1) is 21.1. The Balaban J connectivity index is 0.963. The molecule has 2 saturated heterocycles. The molecular weight excluding hydrogens is 546 g/mol. The molecule has 1 aliphatic carbocycles. The van der Waals surface area contributed by atoms with E-state index in [1.54, 1.807) is 30.3 Å². The molecule has 0 radical (unpaired) electrons. The van der Waals surface area contributed by atoms with Gasteiger partial charge in [-0.05, 0) is 60.1 Å². The zero-order chi connectivity index (χ0) is 29.6. The monoisotopic (exact) mass is 585 g/mol. The van der Waals surface area contributed by atoms with Crippen molar-refractivity contribution < 1.29 is 28.5 Å². The first kappa shape index (κ1) is 29.0. The minimum absolute atomic E-state index is 0.121. The van der Waals surface area contributed by atoms with Crippen molar-refractivity contribution in [1.82, 2.24) is 14.8 Å². The number of carbonyl (C=O) groups excluding carboxylic acids is 2. The van der Waals surface area contributed by atoms with Gasteiger partial charge in [-0.15, -0.1) is 0 Å². The van der Waals surface area contributed by atoms with Crippen molar-refractivity contribution in [3.05, 3.63) is 83.2 Å². The summed E-state index contributed by atoms with van der Waals surface area (Å²) in [7, 11) is 1.65. The highest BCUT2D eigenvalue weighted by molar-refractivity contribution is 5.93. The van der Waals surface area contributed by atoms with Crippen LogP contribution < -0.4 is 14.2 Å².